The van der Waals surface area contributed by atoms with Gasteiger partial charge in [-0.05, 0) is 45.0 Å². The molecule has 144 valence electrons. The number of carbonyl (C=O) groups excluding carboxylic acids is 1. The molecule has 3 heterocycles. The molecular formula is C22H20N6O. The maximum absolute atomic E-state index is 12.9. The second kappa shape index (κ2) is 7.63. The van der Waals surface area contributed by atoms with E-state index >= 15 is 0 Å². The SMILES string of the molecule is CC(=NNC(=O)c1cc(C)nc2c1c(C)nn2-c1ccccc1)c1cccnc1. The number of para-hydroxylation sites is 1. The van der Waals surface area contributed by atoms with E-state index in [-0.39, 0.29) is 5.91 Å². The molecule has 0 unspecified atom stereocenters. The summed E-state index contributed by atoms with van der Waals surface area (Å²) < 4.78 is 1.76. The summed E-state index contributed by atoms with van der Waals surface area (Å²) in [4.78, 5) is 21.7. The van der Waals surface area contributed by atoms with Gasteiger partial charge >= 0.3 is 0 Å². The standard InChI is InChI=1S/C22H20N6O/c1-14-12-19(22(29)26-25-15(2)17-8-7-11-23-13-17)20-16(3)27-28(21(20)24-14)18-9-5-4-6-10-18/h4-13H,1-3H3,(H,26,29). The number of pyridine rings is 2. The Morgan fingerprint density at radius 3 is 2.62 bits per heavy atom. The number of carbonyl (C=O) groups is 1. The highest BCUT2D eigenvalue weighted by Crippen LogP contribution is 2.24. The van der Waals surface area contributed by atoms with Crippen LogP contribution in [0.2, 0.25) is 0 Å². The second-order valence-electron chi connectivity index (χ2n) is 6.72. The van der Waals surface area contributed by atoms with Gasteiger partial charge in [-0.25, -0.2) is 15.1 Å². The number of rotatable bonds is 4. The molecule has 0 radical (unpaired) electrons. The zero-order valence-corrected chi connectivity index (χ0v) is 16.4. The number of aryl methyl sites for hydroxylation is 2. The number of fused-ring (bicyclic) bond motifs is 1. The van der Waals surface area contributed by atoms with E-state index in [0.29, 0.717) is 22.3 Å². The van der Waals surface area contributed by atoms with E-state index in [1.165, 1.54) is 0 Å². The van der Waals surface area contributed by atoms with Gasteiger partial charge in [0.1, 0.15) is 0 Å². The van der Waals surface area contributed by atoms with Crippen LogP contribution in [0.1, 0.15) is 34.2 Å². The van der Waals surface area contributed by atoms with E-state index in [9.17, 15) is 4.79 Å². The minimum Gasteiger partial charge on any atom is -0.267 e. The first-order valence-corrected chi connectivity index (χ1v) is 9.22. The van der Waals surface area contributed by atoms with E-state index in [4.69, 9.17) is 0 Å². The first-order valence-electron chi connectivity index (χ1n) is 9.22. The number of amides is 1. The van der Waals surface area contributed by atoms with Crippen LogP contribution in [0, 0.1) is 13.8 Å². The largest absolute Gasteiger partial charge is 0.272 e. The van der Waals surface area contributed by atoms with Crippen LogP contribution >= 0.6 is 0 Å². The molecule has 0 bridgehead atoms. The molecule has 0 atom stereocenters. The smallest absolute Gasteiger partial charge is 0.267 e. The first kappa shape index (κ1) is 18.5. The molecule has 4 aromatic rings. The lowest BCUT2D eigenvalue weighted by Gasteiger charge is -2.07. The quantitative estimate of drug-likeness (QED) is 0.430. The molecule has 0 aliphatic rings. The minimum atomic E-state index is -0.306. The fourth-order valence-electron chi connectivity index (χ4n) is 3.18. The van der Waals surface area contributed by atoms with E-state index in [2.05, 4.69) is 25.6 Å². The average molecular weight is 384 g/mol. The Balaban J connectivity index is 1.74. The van der Waals surface area contributed by atoms with Crippen molar-refractivity contribution in [3.05, 3.63) is 83.4 Å². The Morgan fingerprint density at radius 2 is 1.90 bits per heavy atom. The van der Waals surface area contributed by atoms with Gasteiger partial charge in [0.05, 0.1) is 28.0 Å². The van der Waals surface area contributed by atoms with Crippen molar-refractivity contribution >= 4 is 22.7 Å². The first-order chi connectivity index (χ1) is 14.0. The predicted molar refractivity (Wildman–Crippen MR) is 112 cm³/mol. The fraction of sp³-hybridized carbons (Fsp3) is 0.136. The molecule has 0 fully saturated rings. The molecule has 1 aromatic carbocycles. The molecule has 0 saturated heterocycles. The summed E-state index contributed by atoms with van der Waals surface area (Å²) >= 11 is 0. The van der Waals surface area contributed by atoms with Crippen molar-refractivity contribution in [1.29, 1.82) is 0 Å². The third-order valence-electron chi connectivity index (χ3n) is 4.59. The van der Waals surface area contributed by atoms with Crippen molar-refractivity contribution in [2.45, 2.75) is 20.8 Å². The number of nitrogens with one attached hydrogen (secondary N) is 1. The van der Waals surface area contributed by atoms with Gasteiger partial charge in [0.25, 0.3) is 5.91 Å². The molecule has 0 spiro atoms. The number of hydrogen-bond donors (Lipinski definition) is 1. The highest BCUT2D eigenvalue weighted by Gasteiger charge is 2.19. The second-order valence-corrected chi connectivity index (χ2v) is 6.72. The normalized spacial score (nSPS) is 11.6. The maximum Gasteiger partial charge on any atom is 0.272 e. The Bertz CT molecular complexity index is 1210. The number of aromatic nitrogens is 4. The molecule has 0 aliphatic heterocycles. The summed E-state index contributed by atoms with van der Waals surface area (Å²) in [5.74, 6) is -0.306. The van der Waals surface area contributed by atoms with Crippen LogP contribution in [0.15, 0.2) is 66.0 Å². The molecule has 0 saturated carbocycles. The number of benzene rings is 1. The van der Waals surface area contributed by atoms with Crippen LogP contribution in [0.25, 0.3) is 16.7 Å². The van der Waals surface area contributed by atoms with Gasteiger partial charge in [0.2, 0.25) is 0 Å². The zero-order valence-electron chi connectivity index (χ0n) is 16.4. The Hall–Kier alpha value is -3.87. The van der Waals surface area contributed by atoms with Crippen LogP contribution in [-0.4, -0.2) is 31.4 Å². The molecule has 1 N–H and O–H groups in total. The van der Waals surface area contributed by atoms with Crippen LogP contribution in [-0.2, 0) is 0 Å². The highest BCUT2D eigenvalue weighted by molar-refractivity contribution is 6.07. The summed E-state index contributed by atoms with van der Waals surface area (Å²) in [6.45, 7) is 5.56. The molecule has 4 rings (SSSR count). The van der Waals surface area contributed by atoms with Gasteiger partial charge in [-0.2, -0.15) is 10.2 Å². The van der Waals surface area contributed by atoms with Crippen LogP contribution in [0.5, 0.6) is 0 Å². The van der Waals surface area contributed by atoms with Crippen molar-refractivity contribution < 1.29 is 4.79 Å². The summed E-state index contributed by atoms with van der Waals surface area (Å²) in [7, 11) is 0. The van der Waals surface area contributed by atoms with E-state index in [1.54, 1.807) is 23.1 Å². The summed E-state index contributed by atoms with van der Waals surface area (Å²) in [5.41, 5.74) is 7.66. The number of nitrogens with zero attached hydrogens (tertiary/aromatic N) is 5. The molecule has 7 nitrogen and oxygen atoms in total. The molecule has 29 heavy (non-hydrogen) atoms. The van der Waals surface area contributed by atoms with Crippen molar-refractivity contribution in [2.75, 3.05) is 0 Å². The molecular weight excluding hydrogens is 364 g/mol. The van der Waals surface area contributed by atoms with Crippen molar-refractivity contribution in [1.82, 2.24) is 25.2 Å². The molecule has 3 aromatic heterocycles. The highest BCUT2D eigenvalue weighted by atomic mass is 16.2. The topological polar surface area (TPSA) is 85.1 Å². The zero-order chi connectivity index (χ0) is 20.4. The number of hydrazone groups is 1. The third-order valence-corrected chi connectivity index (χ3v) is 4.59. The maximum atomic E-state index is 12.9. The summed E-state index contributed by atoms with van der Waals surface area (Å²) in [6, 6.07) is 15.2. The lowest BCUT2D eigenvalue weighted by Crippen LogP contribution is -2.20. The lowest BCUT2D eigenvalue weighted by atomic mass is 10.1. The fourth-order valence-corrected chi connectivity index (χ4v) is 3.18. The molecule has 0 aliphatic carbocycles. The van der Waals surface area contributed by atoms with Gasteiger partial charge < -0.3 is 0 Å². The Kier molecular flexibility index (Phi) is 4.87. The van der Waals surface area contributed by atoms with E-state index in [0.717, 1.165) is 22.6 Å². The van der Waals surface area contributed by atoms with E-state index < -0.39 is 0 Å². The minimum absolute atomic E-state index is 0.306. The summed E-state index contributed by atoms with van der Waals surface area (Å²) in [6.07, 6.45) is 3.40. The van der Waals surface area contributed by atoms with Gasteiger partial charge in [0, 0.05) is 23.7 Å². The number of hydrogen-bond acceptors (Lipinski definition) is 5. The van der Waals surface area contributed by atoms with Crippen molar-refractivity contribution in [3.63, 3.8) is 0 Å². The monoisotopic (exact) mass is 384 g/mol. The van der Waals surface area contributed by atoms with E-state index in [1.807, 2.05) is 63.2 Å². The predicted octanol–water partition coefficient (Wildman–Crippen LogP) is 3.59. The Morgan fingerprint density at radius 1 is 1.10 bits per heavy atom. The van der Waals surface area contributed by atoms with Crippen molar-refractivity contribution in [3.8, 4) is 5.69 Å². The van der Waals surface area contributed by atoms with Crippen molar-refractivity contribution in [2.24, 2.45) is 5.10 Å². The van der Waals surface area contributed by atoms with Gasteiger partial charge in [-0.3, -0.25) is 9.78 Å². The Labute approximate surface area is 168 Å². The van der Waals surface area contributed by atoms with Gasteiger partial charge in [-0.15, -0.1) is 0 Å². The van der Waals surface area contributed by atoms with Gasteiger partial charge in [-0.1, -0.05) is 24.3 Å². The van der Waals surface area contributed by atoms with Crippen LogP contribution in [0.4, 0.5) is 0 Å². The van der Waals surface area contributed by atoms with Crippen LogP contribution < -0.4 is 5.43 Å². The third kappa shape index (κ3) is 3.62. The lowest BCUT2D eigenvalue weighted by molar-refractivity contribution is 0.0956. The average Bonchev–Trinajstić information content (AvgIpc) is 3.08. The van der Waals surface area contributed by atoms with Crippen LogP contribution in [0.3, 0.4) is 0 Å². The van der Waals surface area contributed by atoms with Gasteiger partial charge in [0.15, 0.2) is 5.65 Å². The summed E-state index contributed by atoms with van der Waals surface area (Å²) in [5, 5.41) is 9.56. The molecule has 1 amide bonds. The molecule has 7 heteroatoms.